The number of fused-ring (bicyclic) bond motifs is 3. The van der Waals surface area contributed by atoms with Crippen molar-refractivity contribution >= 4 is 20.2 Å². The van der Waals surface area contributed by atoms with Crippen LogP contribution in [0.1, 0.15) is 89.7 Å². The van der Waals surface area contributed by atoms with E-state index in [4.69, 9.17) is 17.0 Å². The Morgan fingerprint density at radius 3 is 1.18 bits per heavy atom. The quantitative estimate of drug-likeness (QED) is 0.180. The van der Waals surface area contributed by atoms with E-state index >= 15 is 0 Å². The molecule has 2 aliphatic carbocycles. The molecule has 262 valence electrons. The molecule has 0 heterocycles. The third-order valence-corrected chi connectivity index (χ3v) is 29.8. The summed E-state index contributed by atoms with van der Waals surface area (Å²) in [4.78, 5) is 0. The van der Waals surface area contributed by atoms with Gasteiger partial charge in [-0.25, -0.2) is 0 Å². The van der Waals surface area contributed by atoms with E-state index in [0.29, 0.717) is 14.3 Å². The van der Waals surface area contributed by atoms with Crippen LogP contribution in [0.25, 0.3) is 11.1 Å². The summed E-state index contributed by atoms with van der Waals surface area (Å²) in [6.07, 6.45) is -1.63. The second-order valence-corrected chi connectivity index (χ2v) is 36.2. The normalized spacial score (nSPS) is 15.8. The van der Waals surface area contributed by atoms with E-state index in [9.17, 15) is 26.3 Å². The average Bonchev–Trinajstić information content (AvgIpc) is 3.68. The zero-order chi connectivity index (χ0) is 36.7. The van der Waals surface area contributed by atoms with Crippen LogP contribution >= 0.6 is 17.0 Å². The molecule has 0 aromatic heterocycles. The summed E-state index contributed by atoms with van der Waals surface area (Å²) in [7, 11) is 17.0. The molecule has 50 heavy (non-hydrogen) atoms. The first-order chi connectivity index (χ1) is 23.0. The van der Waals surface area contributed by atoms with Crippen molar-refractivity contribution in [1.29, 1.82) is 0 Å². The molecule has 0 amide bonds. The minimum absolute atomic E-state index is 0.241. The van der Waals surface area contributed by atoms with Gasteiger partial charge in [-0.15, -0.1) is 0 Å². The fourth-order valence-corrected chi connectivity index (χ4v) is 26.8. The molecule has 4 aromatic rings. The van der Waals surface area contributed by atoms with E-state index in [2.05, 4.69) is 77.9 Å². The summed E-state index contributed by atoms with van der Waals surface area (Å²) in [5, 5.41) is 0. The number of allylic oxidation sites excluding steroid dienone is 4. The van der Waals surface area contributed by atoms with E-state index < -0.39 is 46.6 Å². The predicted octanol–water partition coefficient (Wildman–Crippen LogP) is 13.6. The van der Waals surface area contributed by atoms with E-state index in [0.717, 1.165) is 57.6 Å². The molecular weight excluding hydrogens is 769 g/mol. The van der Waals surface area contributed by atoms with Gasteiger partial charge >= 0.3 is 299 Å². The molecule has 0 bridgehead atoms. The molecule has 2 aliphatic rings. The van der Waals surface area contributed by atoms with Crippen molar-refractivity contribution in [3.8, 4) is 11.1 Å². The summed E-state index contributed by atoms with van der Waals surface area (Å²) < 4.78 is 82.2. The summed E-state index contributed by atoms with van der Waals surface area (Å²) >= 11 is -6.06. The molecule has 0 spiro atoms. The van der Waals surface area contributed by atoms with Gasteiger partial charge in [0.15, 0.2) is 0 Å². The Bertz CT molecular complexity index is 1960. The van der Waals surface area contributed by atoms with Crippen LogP contribution in [0.5, 0.6) is 0 Å². The van der Waals surface area contributed by atoms with E-state index in [1.54, 1.807) is 0 Å². The van der Waals surface area contributed by atoms with Crippen molar-refractivity contribution < 1.29 is 42.3 Å². The van der Waals surface area contributed by atoms with Crippen LogP contribution in [0.15, 0.2) is 109 Å². The molecule has 0 fully saturated rings. The summed E-state index contributed by atoms with van der Waals surface area (Å²) in [5.74, 6) is 0. The fraction of sp³-hybridized carbons (Fsp3) is 0.293. The van der Waals surface area contributed by atoms with Crippen molar-refractivity contribution in [3.05, 3.63) is 154 Å². The number of alkyl halides is 6. The Labute approximate surface area is 297 Å². The number of hydrogen-bond donors (Lipinski definition) is 0. The molecule has 0 atom stereocenters. The van der Waals surface area contributed by atoms with Crippen molar-refractivity contribution in [1.82, 2.24) is 0 Å². The van der Waals surface area contributed by atoms with Gasteiger partial charge in [0.25, 0.3) is 0 Å². The van der Waals surface area contributed by atoms with E-state index in [1.165, 1.54) is 24.3 Å². The van der Waals surface area contributed by atoms with E-state index in [1.807, 2.05) is 24.3 Å². The maximum absolute atomic E-state index is 13.8. The number of halogens is 8. The fourth-order valence-electron chi connectivity index (χ4n) is 7.42. The van der Waals surface area contributed by atoms with Gasteiger partial charge < -0.3 is 0 Å². The third-order valence-electron chi connectivity index (χ3n) is 10.1. The van der Waals surface area contributed by atoms with Gasteiger partial charge in [-0.1, -0.05) is 0 Å². The molecule has 0 unspecified atom stereocenters. The van der Waals surface area contributed by atoms with Gasteiger partial charge in [0.2, 0.25) is 0 Å². The van der Waals surface area contributed by atoms with Gasteiger partial charge in [-0.05, 0) is 0 Å². The zero-order valence-corrected chi connectivity index (χ0v) is 32.5. The molecule has 0 N–H and O–H groups in total. The van der Waals surface area contributed by atoms with Crippen LogP contribution in [0.3, 0.4) is 0 Å². The van der Waals surface area contributed by atoms with Crippen LogP contribution in [-0.4, -0.2) is 3.21 Å². The predicted molar refractivity (Wildman–Crippen MR) is 191 cm³/mol. The van der Waals surface area contributed by atoms with Crippen LogP contribution in [-0.2, 0) is 39.1 Å². The third kappa shape index (κ3) is 6.34. The molecule has 0 saturated carbocycles. The number of rotatable bonds is 4. The Hall–Kier alpha value is -2.73. The Morgan fingerprint density at radius 2 is 0.860 bits per heavy atom. The van der Waals surface area contributed by atoms with Gasteiger partial charge in [-0.3, -0.25) is 0 Å². The number of benzene rings is 4. The molecule has 0 saturated heterocycles. The molecule has 6 rings (SSSR count). The van der Waals surface area contributed by atoms with Crippen LogP contribution in [0, 0.1) is 0 Å². The molecule has 4 aromatic carbocycles. The van der Waals surface area contributed by atoms with Crippen LogP contribution < -0.4 is 0 Å². The number of hydrogen-bond acceptors (Lipinski definition) is 0. The Balaban J connectivity index is 1.82. The first-order valence-electron chi connectivity index (χ1n) is 16.5. The van der Waals surface area contributed by atoms with Gasteiger partial charge in [0.05, 0.1) is 0 Å². The van der Waals surface area contributed by atoms with Crippen molar-refractivity contribution in [2.45, 2.75) is 72.0 Å². The summed E-state index contributed by atoms with van der Waals surface area (Å²) in [6.45, 7) is 12.7. The van der Waals surface area contributed by atoms with Crippen molar-refractivity contribution in [2.75, 3.05) is 0 Å². The van der Waals surface area contributed by atoms with Crippen molar-refractivity contribution in [2.24, 2.45) is 0 Å². The molecule has 0 nitrogen and oxygen atoms in total. The second-order valence-electron chi connectivity index (χ2n) is 15.5. The zero-order valence-electron chi connectivity index (χ0n) is 28.6. The monoisotopic (exact) mass is 804 g/mol. The molecule has 0 radical (unpaired) electrons. The summed E-state index contributed by atoms with van der Waals surface area (Å²) in [6, 6.07) is 22.0. The maximum atomic E-state index is 13.8. The van der Waals surface area contributed by atoms with Crippen LogP contribution in [0.2, 0.25) is 3.63 Å². The van der Waals surface area contributed by atoms with Gasteiger partial charge in [-0.2, -0.15) is 0 Å². The first kappa shape index (κ1) is 37.0. The summed E-state index contributed by atoms with van der Waals surface area (Å²) in [5.41, 5.74) is 4.37. The van der Waals surface area contributed by atoms with Gasteiger partial charge in [0, 0.05) is 0 Å². The standard InChI is InChI=1S/C21H25.C15H8F6.C5H5.2ClH.Zr/c1-20(2,3)16-7-9-18-14(12-16)11-15-13-17(21(4,5)6)8-10-19(15)18;16-14(17,18)12-5-1-10(2-6-12)9-11-3-7-13(8-4-11)15(19,20)21;1-2-4-5-3-1;;;/h7-13H,1-6H3;1-8H;1-5H;2*1H;/q;;;;;+2/p-2. The SMILES string of the molecule is CC(C)(C)c1ccc2c(c1)[CH]([Zr]([Cl])([Cl])(=[C](c1ccc(C(F)(F)F)cc1)c1ccc(C(F)(F)F)cc1)[CH]1C=CC=C1)c1cc(C(C)(C)C)ccc1-2. The second kappa shape index (κ2) is 12.2. The molecule has 0 aliphatic heterocycles. The average molecular weight is 807 g/mol. The van der Waals surface area contributed by atoms with Crippen LogP contribution in [0.4, 0.5) is 26.3 Å². The van der Waals surface area contributed by atoms with Crippen molar-refractivity contribution in [3.63, 3.8) is 0 Å². The first-order valence-corrected chi connectivity index (χ1v) is 26.8. The Morgan fingerprint density at radius 1 is 0.520 bits per heavy atom. The van der Waals surface area contributed by atoms with Gasteiger partial charge in [0.1, 0.15) is 0 Å². The van der Waals surface area contributed by atoms with E-state index in [-0.39, 0.29) is 10.8 Å². The Kier molecular flexibility index (Phi) is 9.02. The molecular formula is C41H38Cl2F6Zr. The topological polar surface area (TPSA) is 0 Å². The minimum atomic E-state index is -6.06. The molecule has 9 heteroatoms.